The Morgan fingerprint density at radius 3 is 2.93 bits per heavy atom. The molecule has 2 amide bonds. The fourth-order valence-corrected chi connectivity index (χ4v) is 5.68. The number of hydrogen-bond donors (Lipinski definition) is 3. The van der Waals surface area contributed by atoms with Gasteiger partial charge in [-0.15, -0.1) is 11.3 Å². The highest BCUT2D eigenvalue weighted by molar-refractivity contribution is 7.21. The quantitative estimate of drug-likeness (QED) is 0.585. The van der Waals surface area contributed by atoms with Crippen LogP contribution in [0.1, 0.15) is 35.0 Å². The predicted molar refractivity (Wildman–Crippen MR) is 119 cm³/mol. The van der Waals surface area contributed by atoms with Crippen LogP contribution in [0.2, 0.25) is 0 Å². The number of methoxy groups -OCH3 is 1. The third-order valence-electron chi connectivity index (χ3n) is 6.17. The van der Waals surface area contributed by atoms with Crippen molar-refractivity contribution in [2.24, 2.45) is 5.92 Å². The monoisotopic (exact) mass is 430 g/mol. The molecule has 3 atom stereocenters. The molecular formula is C22H30N4O3S. The number of thiophene rings is 1. The van der Waals surface area contributed by atoms with Crippen LogP contribution >= 0.6 is 11.3 Å². The van der Waals surface area contributed by atoms with Crippen LogP contribution in [-0.2, 0) is 16.0 Å². The smallest absolute Gasteiger partial charge is 0.261 e. The van der Waals surface area contributed by atoms with E-state index in [-0.39, 0.29) is 29.8 Å². The van der Waals surface area contributed by atoms with Gasteiger partial charge in [0.2, 0.25) is 5.91 Å². The molecule has 1 aromatic heterocycles. The summed E-state index contributed by atoms with van der Waals surface area (Å²) >= 11 is 1.53. The summed E-state index contributed by atoms with van der Waals surface area (Å²) in [6.45, 7) is 4.47. The molecule has 3 unspecified atom stereocenters. The minimum atomic E-state index is -0.0584. The molecule has 4 rings (SSSR count). The van der Waals surface area contributed by atoms with Gasteiger partial charge < -0.3 is 15.0 Å². The third kappa shape index (κ3) is 4.23. The molecule has 0 bridgehead atoms. The maximum Gasteiger partial charge on any atom is 0.261 e. The number of hydrazine groups is 1. The summed E-state index contributed by atoms with van der Waals surface area (Å²) in [4.78, 5) is 28.9. The predicted octanol–water partition coefficient (Wildman–Crippen LogP) is 1.92. The van der Waals surface area contributed by atoms with Crippen LogP contribution in [-0.4, -0.2) is 62.1 Å². The average Bonchev–Trinajstić information content (AvgIpc) is 3.47. The van der Waals surface area contributed by atoms with Crippen molar-refractivity contribution in [1.82, 2.24) is 21.1 Å². The van der Waals surface area contributed by atoms with Crippen molar-refractivity contribution in [1.29, 1.82) is 0 Å². The SMILES string of the molecule is COCCNC(=O)c1sc2ccccc2c1CC1CCCN1C(=O)C1CNNC1C. The molecule has 0 spiro atoms. The number of benzene rings is 1. The summed E-state index contributed by atoms with van der Waals surface area (Å²) < 4.78 is 6.17. The lowest BCUT2D eigenvalue weighted by atomic mass is 9.98. The Morgan fingerprint density at radius 2 is 2.17 bits per heavy atom. The maximum absolute atomic E-state index is 13.2. The Hall–Kier alpha value is -2.00. The number of carbonyl (C=O) groups is 2. The molecule has 2 aromatic rings. The second-order valence-electron chi connectivity index (χ2n) is 8.11. The van der Waals surface area contributed by atoms with Gasteiger partial charge >= 0.3 is 0 Å². The summed E-state index contributed by atoms with van der Waals surface area (Å²) in [5.41, 5.74) is 7.31. The normalized spacial score (nSPS) is 23.9. The number of ether oxygens (including phenoxy) is 1. The average molecular weight is 431 g/mol. The Morgan fingerprint density at radius 1 is 1.33 bits per heavy atom. The second kappa shape index (κ2) is 9.43. The zero-order valence-corrected chi connectivity index (χ0v) is 18.4. The first kappa shape index (κ1) is 21.2. The Bertz CT molecular complexity index is 915. The van der Waals surface area contributed by atoms with Crippen LogP contribution in [0.3, 0.4) is 0 Å². The van der Waals surface area contributed by atoms with Crippen molar-refractivity contribution in [3.63, 3.8) is 0 Å². The maximum atomic E-state index is 13.2. The van der Waals surface area contributed by atoms with Gasteiger partial charge in [0.05, 0.1) is 17.4 Å². The van der Waals surface area contributed by atoms with E-state index in [1.807, 2.05) is 19.1 Å². The summed E-state index contributed by atoms with van der Waals surface area (Å²) in [6, 6.07) is 8.42. The Kier molecular flexibility index (Phi) is 6.67. The number of amides is 2. The van der Waals surface area contributed by atoms with Crippen molar-refractivity contribution in [3.8, 4) is 0 Å². The zero-order chi connectivity index (χ0) is 21.1. The number of hydrogen-bond acceptors (Lipinski definition) is 6. The van der Waals surface area contributed by atoms with Crippen molar-refractivity contribution < 1.29 is 14.3 Å². The second-order valence-corrected chi connectivity index (χ2v) is 9.16. The summed E-state index contributed by atoms with van der Waals surface area (Å²) in [6.07, 6.45) is 2.70. The molecule has 2 fully saturated rings. The highest BCUT2D eigenvalue weighted by Gasteiger charge is 2.38. The molecule has 162 valence electrons. The van der Waals surface area contributed by atoms with Crippen molar-refractivity contribution in [3.05, 3.63) is 34.7 Å². The number of likely N-dealkylation sites (tertiary alicyclic amines) is 1. The Labute approximate surface area is 181 Å². The van der Waals surface area contributed by atoms with Gasteiger partial charge in [-0.2, -0.15) is 0 Å². The molecule has 7 nitrogen and oxygen atoms in total. The number of nitrogens with one attached hydrogen (secondary N) is 3. The highest BCUT2D eigenvalue weighted by Crippen LogP contribution is 2.35. The molecule has 30 heavy (non-hydrogen) atoms. The highest BCUT2D eigenvalue weighted by atomic mass is 32.1. The van der Waals surface area contributed by atoms with Gasteiger partial charge in [-0.1, -0.05) is 18.2 Å². The van der Waals surface area contributed by atoms with E-state index in [0.717, 1.165) is 39.9 Å². The van der Waals surface area contributed by atoms with Crippen molar-refractivity contribution >= 4 is 33.2 Å². The zero-order valence-electron chi connectivity index (χ0n) is 17.6. The molecule has 1 aromatic carbocycles. The Balaban J connectivity index is 1.58. The molecule has 0 aliphatic carbocycles. The molecule has 3 N–H and O–H groups in total. The summed E-state index contributed by atoms with van der Waals surface area (Å²) in [7, 11) is 1.62. The summed E-state index contributed by atoms with van der Waals surface area (Å²) in [5, 5.41) is 4.08. The lowest BCUT2D eigenvalue weighted by molar-refractivity contribution is -0.136. The van der Waals surface area contributed by atoms with Crippen LogP contribution in [0.15, 0.2) is 24.3 Å². The number of carbonyl (C=O) groups excluding carboxylic acids is 2. The number of rotatable bonds is 7. The standard InChI is InChI=1S/C22H30N4O3S/c1-14-18(13-24-25-14)22(28)26-10-5-6-15(26)12-17-16-7-3-4-8-19(16)30-20(17)21(27)23-9-11-29-2/h3-4,7-8,14-15,18,24-25H,5-6,9-13H2,1-2H3,(H,23,27). The molecular weight excluding hydrogens is 400 g/mol. The van der Waals surface area contributed by atoms with Crippen LogP contribution < -0.4 is 16.2 Å². The van der Waals surface area contributed by atoms with E-state index in [2.05, 4.69) is 33.2 Å². The van der Waals surface area contributed by atoms with Crippen LogP contribution in [0.5, 0.6) is 0 Å². The van der Waals surface area contributed by atoms with Crippen molar-refractivity contribution in [2.75, 3.05) is 33.4 Å². The lowest BCUT2D eigenvalue weighted by Crippen LogP contribution is -2.44. The largest absolute Gasteiger partial charge is 0.383 e. The van der Waals surface area contributed by atoms with E-state index in [1.165, 1.54) is 11.3 Å². The summed E-state index contributed by atoms with van der Waals surface area (Å²) in [5.74, 6) is 0.117. The molecule has 8 heteroatoms. The fraction of sp³-hybridized carbons (Fsp3) is 0.545. The van der Waals surface area contributed by atoms with Crippen LogP contribution in [0.25, 0.3) is 10.1 Å². The van der Waals surface area contributed by atoms with Crippen molar-refractivity contribution in [2.45, 2.75) is 38.3 Å². The first-order chi connectivity index (χ1) is 14.6. The van der Waals surface area contributed by atoms with E-state index in [0.29, 0.717) is 26.1 Å². The molecule has 2 aliphatic heterocycles. The molecule has 0 radical (unpaired) electrons. The van der Waals surface area contributed by atoms with Gasteiger partial charge in [-0.05, 0) is 43.2 Å². The topological polar surface area (TPSA) is 82.7 Å². The van der Waals surface area contributed by atoms with Gasteiger partial charge in [0.15, 0.2) is 0 Å². The van der Waals surface area contributed by atoms with Gasteiger partial charge in [0.1, 0.15) is 0 Å². The lowest BCUT2D eigenvalue weighted by Gasteiger charge is -2.28. The number of fused-ring (bicyclic) bond motifs is 1. The number of nitrogens with zero attached hydrogens (tertiary/aromatic N) is 1. The molecule has 2 saturated heterocycles. The molecule has 3 heterocycles. The van der Waals surface area contributed by atoms with Gasteiger partial charge in [0, 0.05) is 43.5 Å². The minimum Gasteiger partial charge on any atom is -0.383 e. The fourth-order valence-electron chi connectivity index (χ4n) is 4.53. The van der Waals surface area contributed by atoms with E-state index in [1.54, 1.807) is 7.11 Å². The van der Waals surface area contributed by atoms with Gasteiger partial charge in [0.25, 0.3) is 5.91 Å². The molecule has 2 aliphatic rings. The first-order valence-corrected chi connectivity index (χ1v) is 11.5. The minimum absolute atomic E-state index is 0.0402. The van der Waals surface area contributed by atoms with E-state index in [9.17, 15) is 9.59 Å². The first-order valence-electron chi connectivity index (χ1n) is 10.7. The van der Waals surface area contributed by atoms with Gasteiger partial charge in [-0.3, -0.25) is 20.4 Å². The third-order valence-corrected chi connectivity index (χ3v) is 7.38. The molecule has 0 saturated carbocycles. The van der Waals surface area contributed by atoms with Crippen LogP contribution in [0, 0.1) is 5.92 Å². The van der Waals surface area contributed by atoms with E-state index < -0.39 is 0 Å². The van der Waals surface area contributed by atoms with E-state index >= 15 is 0 Å². The van der Waals surface area contributed by atoms with Gasteiger partial charge in [-0.25, -0.2) is 0 Å². The van der Waals surface area contributed by atoms with Crippen LogP contribution in [0.4, 0.5) is 0 Å². The van der Waals surface area contributed by atoms with E-state index in [4.69, 9.17) is 4.74 Å².